The van der Waals surface area contributed by atoms with E-state index in [4.69, 9.17) is 0 Å². The summed E-state index contributed by atoms with van der Waals surface area (Å²) < 4.78 is 38.3. The van der Waals surface area contributed by atoms with Gasteiger partial charge in [0.2, 0.25) is 0 Å². The molecule has 1 heterocycles. The second-order valence-corrected chi connectivity index (χ2v) is 6.18. The lowest BCUT2D eigenvalue weighted by Crippen LogP contribution is -2.42. The van der Waals surface area contributed by atoms with Crippen LogP contribution in [-0.4, -0.2) is 39.5 Å². The van der Waals surface area contributed by atoms with E-state index in [1.54, 1.807) is 13.0 Å². The average molecular weight is 320 g/mol. The Morgan fingerprint density at radius 2 is 2.05 bits per heavy atom. The summed E-state index contributed by atoms with van der Waals surface area (Å²) in [6.45, 7) is 5.94. The van der Waals surface area contributed by atoms with Crippen LogP contribution in [0, 0.1) is 6.92 Å². The Morgan fingerprint density at radius 3 is 2.65 bits per heavy atom. The summed E-state index contributed by atoms with van der Waals surface area (Å²) in [5.41, 5.74) is 1.35. The third kappa shape index (κ3) is 4.34. The molecule has 1 aliphatic heterocycles. The molecule has 20 heavy (non-hydrogen) atoms. The van der Waals surface area contributed by atoms with Gasteiger partial charge in [0.05, 0.1) is 0 Å². The van der Waals surface area contributed by atoms with Gasteiger partial charge in [0.15, 0.2) is 0 Å². The van der Waals surface area contributed by atoms with Crippen molar-refractivity contribution in [3.05, 3.63) is 23.3 Å². The van der Waals surface area contributed by atoms with Crippen molar-refractivity contribution in [3.63, 3.8) is 0 Å². The second-order valence-electron chi connectivity index (χ2n) is 4.74. The molecule has 1 aromatic rings. The van der Waals surface area contributed by atoms with Crippen molar-refractivity contribution in [3.8, 4) is 5.75 Å². The number of thiol groups is 1. The lowest BCUT2D eigenvalue weighted by atomic mass is 10.1. The van der Waals surface area contributed by atoms with E-state index in [9.17, 15) is 12.3 Å². The summed E-state index contributed by atoms with van der Waals surface area (Å²) in [6.07, 6.45) is 0. The minimum atomic E-state index is -5.02. The normalized spacial score (nSPS) is 17.1. The molecule has 0 saturated carbocycles. The maximum absolute atomic E-state index is 12.7. The van der Waals surface area contributed by atoms with Gasteiger partial charge in [-0.15, -0.1) is 12.6 Å². The zero-order chi connectivity index (χ0) is 14.8. The number of nitrogens with one attached hydrogen (secondary N) is 1. The van der Waals surface area contributed by atoms with Gasteiger partial charge >= 0.3 is 10.5 Å². The molecule has 0 unspecified atom stereocenters. The number of hydrogen-bond acceptors (Lipinski definition) is 6. The fraction of sp³-hybridized carbons (Fsp3) is 0.500. The minimum Gasteiger partial charge on any atom is -0.358 e. The van der Waals surface area contributed by atoms with Gasteiger partial charge in [0.1, 0.15) is 5.75 Å². The van der Waals surface area contributed by atoms with E-state index in [-0.39, 0.29) is 5.75 Å². The van der Waals surface area contributed by atoms with Gasteiger partial charge in [-0.25, -0.2) is 0 Å². The number of piperazine rings is 1. The molecule has 112 valence electrons. The van der Waals surface area contributed by atoms with E-state index >= 15 is 0 Å². The predicted molar refractivity (Wildman–Crippen MR) is 77.2 cm³/mol. The molecule has 1 N–H and O–H groups in total. The first kappa shape index (κ1) is 15.6. The van der Waals surface area contributed by atoms with Crippen LogP contribution in [0.15, 0.2) is 17.0 Å². The molecule has 5 nitrogen and oxygen atoms in total. The van der Waals surface area contributed by atoms with E-state index in [1.165, 1.54) is 0 Å². The van der Waals surface area contributed by atoms with Crippen molar-refractivity contribution < 1.29 is 16.5 Å². The number of hydrogen-bond donors (Lipinski definition) is 2. The molecule has 8 heteroatoms. The highest BCUT2D eigenvalue weighted by Crippen LogP contribution is 2.28. The standard InChI is InChI=1S/C12H17FN2O3S2/c1-9-11(18-20(13,16)17)6-10(7-12(9)19)8-15-4-2-14-3-5-15/h6-7,14,19H,2-5,8H2,1H3. The van der Waals surface area contributed by atoms with Gasteiger partial charge in [-0.1, -0.05) is 3.89 Å². The van der Waals surface area contributed by atoms with Crippen LogP contribution in [-0.2, 0) is 17.0 Å². The SMILES string of the molecule is Cc1c(S)cc(CN2CCNCC2)cc1OS(=O)(=O)F. The molecule has 1 aliphatic rings. The molecule has 0 radical (unpaired) electrons. The highest BCUT2D eigenvalue weighted by molar-refractivity contribution is 7.81. The largest absolute Gasteiger partial charge is 0.488 e. The Balaban J connectivity index is 2.21. The molecule has 0 amide bonds. The van der Waals surface area contributed by atoms with Gasteiger partial charge in [-0.2, -0.15) is 8.42 Å². The van der Waals surface area contributed by atoms with E-state index in [1.807, 2.05) is 6.07 Å². The summed E-state index contributed by atoms with van der Waals surface area (Å²) in [5.74, 6) is -0.00913. The Kier molecular flexibility index (Phi) is 4.90. The average Bonchev–Trinajstić information content (AvgIpc) is 2.35. The van der Waals surface area contributed by atoms with Gasteiger partial charge in [-0.05, 0) is 24.6 Å². The topological polar surface area (TPSA) is 58.6 Å². The molecule has 0 aliphatic carbocycles. The van der Waals surface area contributed by atoms with Gasteiger partial charge in [-0.3, -0.25) is 4.90 Å². The Bertz CT molecular complexity index is 587. The fourth-order valence-electron chi connectivity index (χ4n) is 2.14. The smallest absolute Gasteiger partial charge is 0.358 e. The molecule has 1 saturated heterocycles. The van der Waals surface area contributed by atoms with Crippen molar-refractivity contribution in [2.24, 2.45) is 0 Å². The Morgan fingerprint density at radius 1 is 1.40 bits per heavy atom. The van der Waals surface area contributed by atoms with Crippen molar-refractivity contribution in [2.75, 3.05) is 26.2 Å². The van der Waals surface area contributed by atoms with Crippen LogP contribution >= 0.6 is 12.6 Å². The first-order valence-corrected chi connectivity index (χ1v) is 8.00. The highest BCUT2D eigenvalue weighted by Gasteiger charge is 2.16. The van der Waals surface area contributed by atoms with Gasteiger partial charge < -0.3 is 9.50 Å². The molecular weight excluding hydrogens is 303 g/mol. The third-order valence-corrected chi connectivity index (χ3v) is 4.04. The van der Waals surface area contributed by atoms with E-state index in [2.05, 4.69) is 27.0 Å². The molecule has 2 rings (SSSR count). The monoisotopic (exact) mass is 320 g/mol. The van der Waals surface area contributed by atoms with E-state index in [0.29, 0.717) is 17.0 Å². The van der Waals surface area contributed by atoms with Crippen LogP contribution < -0.4 is 9.50 Å². The summed E-state index contributed by atoms with van der Waals surface area (Å²) in [7, 11) is -5.02. The quantitative estimate of drug-likeness (QED) is 0.646. The highest BCUT2D eigenvalue weighted by atomic mass is 32.3. The van der Waals surface area contributed by atoms with Gasteiger partial charge in [0.25, 0.3) is 0 Å². The Hall–Kier alpha value is -0.830. The number of rotatable bonds is 4. The van der Waals surface area contributed by atoms with Crippen molar-refractivity contribution in [1.29, 1.82) is 0 Å². The lowest BCUT2D eigenvalue weighted by Gasteiger charge is -2.27. The first-order chi connectivity index (χ1) is 9.35. The van der Waals surface area contributed by atoms with Crippen LogP contribution in [0.1, 0.15) is 11.1 Å². The molecule has 0 bridgehead atoms. The number of halogens is 1. The summed E-state index contributed by atoms with van der Waals surface area (Å²) in [5, 5.41) is 3.25. The summed E-state index contributed by atoms with van der Waals surface area (Å²) in [6, 6.07) is 3.40. The zero-order valence-corrected chi connectivity index (χ0v) is 12.8. The van der Waals surface area contributed by atoms with Crippen LogP contribution in [0.4, 0.5) is 3.89 Å². The molecule has 1 fully saturated rings. The maximum atomic E-state index is 12.7. The fourth-order valence-corrected chi connectivity index (χ4v) is 2.80. The summed E-state index contributed by atoms with van der Waals surface area (Å²) in [4.78, 5) is 2.80. The van der Waals surface area contributed by atoms with Crippen molar-refractivity contribution in [1.82, 2.24) is 10.2 Å². The maximum Gasteiger partial charge on any atom is 0.488 e. The van der Waals surface area contributed by atoms with Crippen LogP contribution in [0.5, 0.6) is 5.75 Å². The predicted octanol–water partition coefficient (Wildman–Crippen LogP) is 1.28. The molecule has 0 aromatic heterocycles. The van der Waals surface area contributed by atoms with E-state index < -0.39 is 10.5 Å². The van der Waals surface area contributed by atoms with Crippen molar-refractivity contribution in [2.45, 2.75) is 18.4 Å². The Labute approximate surface area is 123 Å². The molecule has 0 spiro atoms. The first-order valence-electron chi connectivity index (χ1n) is 6.25. The van der Waals surface area contributed by atoms with Crippen LogP contribution in [0.25, 0.3) is 0 Å². The van der Waals surface area contributed by atoms with Crippen LogP contribution in [0.3, 0.4) is 0 Å². The number of benzene rings is 1. The zero-order valence-electron chi connectivity index (χ0n) is 11.1. The molecular formula is C12H17FN2O3S2. The third-order valence-electron chi connectivity index (χ3n) is 3.20. The number of nitrogens with zero attached hydrogens (tertiary/aromatic N) is 1. The minimum absolute atomic E-state index is 0.00913. The van der Waals surface area contributed by atoms with Gasteiger partial charge in [0, 0.05) is 43.2 Å². The van der Waals surface area contributed by atoms with Crippen LogP contribution in [0.2, 0.25) is 0 Å². The molecule has 0 atom stereocenters. The lowest BCUT2D eigenvalue weighted by molar-refractivity contribution is 0.233. The second kappa shape index (κ2) is 6.30. The summed E-state index contributed by atoms with van der Waals surface area (Å²) >= 11 is 4.28. The molecule has 1 aromatic carbocycles. The van der Waals surface area contributed by atoms with E-state index in [0.717, 1.165) is 31.7 Å². The van der Waals surface area contributed by atoms with Crippen molar-refractivity contribution >= 4 is 23.1 Å².